The standard InChI is InChI=1S/C14H20N2O2/c1-7(2)5-10-6-8(3)9(4)11-12(10)14(18)16-15-13(11)17/h5-6,9-12H,1-4H3,(H,15,17)(H,16,18)/t9-,10+,11+,12+/m0/s1. The molecule has 1 aliphatic heterocycles. The third-order valence-electron chi connectivity index (χ3n) is 3.95. The lowest BCUT2D eigenvalue weighted by molar-refractivity contribution is -0.146. The number of nitrogens with one attached hydrogen (secondary N) is 2. The molecule has 2 aliphatic rings. The first-order valence-electron chi connectivity index (χ1n) is 6.35. The number of hydrogen-bond donors (Lipinski definition) is 2. The Morgan fingerprint density at radius 2 is 1.72 bits per heavy atom. The van der Waals surface area contributed by atoms with E-state index in [2.05, 4.69) is 23.0 Å². The summed E-state index contributed by atoms with van der Waals surface area (Å²) >= 11 is 0. The number of fused-ring (bicyclic) bond motifs is 1. The molecule has 2 N–H and O–H groups in total. The van der Waals surface area contributed by atoms with Crippen LogP contribution in [0.1, 0.15) is 27.7 Å². The van der Waals surface area contributed by atoms with Gasteiger partial charge in [-0.15, -0.1) is 0 Å². The highest BCUT2D eigenvalue weighted by Crippen LogP contribution is 2.40. The lowest BCUT2D eigenvalue weighted by atomic mass is 9.66. The Balaban J connectivity index is 2.45. The van der Waals surface area contributed by atoms with Crippen molar-refractivity contribution in [3.63, 3.8) is 0 Å². The molecule has 1 heterocycles. The monoisotopic (exact) mass is 248 g/mol. The molecule has 0 aromatic heterocycles. The molecule has 0 aromatic carbocycles. The van der Waals surface area contributed by atoms with Crippen LogP contribution < -0.4 is 10.9 Å². The number of carbonyl (C=O) groups is 2. The second kappa shape index (κ2) is 4.59. The van der Waals surface area contributed by atoms with Crippen LogP contribution in [-0.2, 0) is 9.59 Å². The molecule has 1 fully saturated rings. The molecule has 0 radical (unpaired) electrons. The molecule has 0 aromatic rings. The summed E-state index contributed by atoms with van der Waals surface area (Å²) in [5.41, 5.74) is 7.29. The zero-order valence-electron chi connectivity index (χ0n) is 11.3. The van der Waals surface area contributed by atoms with Crippen molar-refractivity contribution in [2.75, 3.05) is 0 Å². The number of allylic oxidation sites excluding steroid dienone is 4. The molecule has 2 amide bonds. The highest BCUT2D eigenvalue weighted by Gasteiger charge is 2.47. The van der Waals surface area contributed by atoms with E-state index in [9.17, 15) is 9.59 Å². The minimum Gasteiger partial charge on any atom is -0.273 e. The van der Waals surface area contributed by atoms with Crippen LogP contribution in [0.15, 0.2) is 23.3 Å². The van der Waals surface area contributed by atoms with E-state index in [4.69, 9.17) is 0 Å². The van der Waals surface area contributed by atoms with E-state index in [-0.39, 0.29) is 35.5 Å². The minimum atomic E-state index is -0.285. The van der Waals surface area contributed by atoms with Gasteiger partial charge in [-0.05, 0) is 26.7 Å². The van der Waals surface area contributed by atoms with Crippen molar-refractivity contribution in [3.05, 3.63) is 23.3 Å². The Morgan fingerprint density at radius 3 is 2.28 bits per heavy atom. The van der Waals surface area contributed by atoms with Crippen LogP contribution in [0.5, 0.6) is 0 Å². The average molecular weight is 248 g/mol. The topological polar surface area (TPSA) is 58.2 Å². The van der Waals surface area contributed by atoms with Gasteiger partial charge in [0.1, 0.15) is 0 Å². The highest BCUT2D eigenvalue weighted by molar-refractivity contribution is 5.94. The number of carbonyl (C=O) groups excluding carboxylic acids is 2. The van der Waals surface area contributed by atoms with Crippen molar-refractivity contribution in [1.29, 1.82) is 0 Å². The molecule has 4 heteroatoms. The van der Waals surface area contributed by atoms with Gasteiger partial charge in [0, 0.05) is 5.92 Å². The Bertz CT molecular complexity index is 447. The van der Waals surface area contributed by atoms with Crippen molar-refractivity contribution >= 4 is 11.8 Å². The average Bonchev–Trinajstić information content (AvgIpc) is 2.28. The third kappa shape index (κ3) is 2.07. The van der Waals surface area contributed by atoms with Gasteiger partial charge >= 0.3 is 0 Å². The Kier molecular flexibility index (Phi) is 3.28. The fourth-order valence-corrected chi connectivity index (χ4v) is 2.95. The molecule has 4 nitrogen and oxygen atoms in total. The van der Waals surface area contributed by atoms with Gasteiger partial charge in [-0.25, -0.2) is 0 Å². The van der Waals surface area contributed by atoms with Crippen LogP contribution in [0.25, 0.3) is 0 Å². The molecular formula is C14H20N2O2. The summed E-state index contributed by atoms with van der Waals surface area (Å²) in [6, 6.07) is 0. The molecule has 0 bridgehead atoms. The quantitative estimate of drug-likeness (QED) is 0.692. The summed E-state index contributed by atoms with van der Waals surface area (Å²) in [5, 5.41) is 0. The van der Waals surface area contributed by atoms with Crippen LogP contribution in [0.2, 0.25) is 0 Å². The van der Waals surface area contributed by atoms with Gasteiger partial charge < -0.3 is 0 Å². The molecule has 18 heavy (non-hydrogen) atoms. The van der Waals surface area contributed by atoms with Crippen molar-refractivity contribution < 1.29 is 9.59 Å². The maximum Gasteiger partial charge on any atom is 0.243 e. The molecule has 2 rings (SSSR count). The lowest BCUT2D eigenvalue weighted by Crippen LogP contribution is -2.60. The number of hydrogen-bond acceptors (Lipinski definition) is 2. The van der Waals surface area contributed by atoms with Gasteiger partial charge in [-0.3, -0.25) is 20.4 Å². The molecule has 0 spiro atoms. The van der Waals surface area contributed by atoms with Crippen LogP contribution in [0.3, 0.4) is 0 Å². The first kappa shape index (κ1) is 12.9. The highest BCUT2D eigenvalue weighted by atomic mass is 16.2. The van der Waals surface area contributed by atoms with Crippen LogP contribution in [0, 0.1) is 23.7 Å². The summed E-state index contributed by atoms with van der Waals surface area (Å²) in [4.78, 5) is 24.0. The largest absolute Gasteiger partial charge is 0.273 e. The molecule has 1 aliphatic carbocycles. The first-order valence-corrected chi connectivity index (χ1v) is 6.35. The Labute approximate surface area is 107 Å². The minimum absolute atomic E-state index is 0.0160. The van der Waals surface area contributed by atoms with Crippen molar-refractivity contribution in [1.82, 2.24) is 10.9 Å². The van der Waals surface area contributed by atoms with Gasteiger partial charge in [0.15, 0.2) is 0 Å². The van der Waals surface area contributed by atoms with Crippen LogP contribution in [0.4, 0.5) is 0 Å². The molecule has 98 valence electrons. The number of hydrazine groups is 1. The van der Waals surface area contributed by atoms with Crippen molar-refractivity contribution in [3.8, 4) is 0 Å². The number of rotatable bonds is 1. The molecular weight excluding hydrogens is 228 g/mol. The van der Waals surface area contributed by atoms with Gasteiger partial charge in [0.2, 0.25) is 11.8 Å². The van der Waals surface area contributed by atoms with E-state index in [1.54, 1.807) is 0 Å². The SMILES string of the molecule is CC(C)=C[C@@H]1C=C(C)[C@H](C)[C@H]2C(=O)NNC(=O)[C@H]12. The molecule has 4 atom stereocenters. The maximum absolute atomic E-state index is 12.0. The zero-order chi connectivity index (χ0) is 13.4. The Morgan fingerprint density at radius 1 is 1.17 bits per heavy atom. The maximum atomic E-state index is 12.0. The van der Waals surface area contributed by atoms with E-state index >= 15 is 0 Å². The van der Waals surface area contributed by atoms with Gasteiger partial charge in [-0.1, -0.05) is 30.2 Å². The van der Waals surface area contributed by atoms with Crippen LogP contribution >= 0.6 is 0 Å². The van der Waals surface area contributed by atoms with E-state index in [0.29, 0.717) is 0 Å². The Hall–Kier alpha value is -1.58. The van der Waals surface area contributed by atoms with Crippen molar-refractivity contribution in [2.24, 2.45) is 23.7 Å². The molecule has 0 unspecified atom stereocenters. The normalized spacial score (nSPS) is 35.0. The predicted octanol–water partition coefficient (Wildman–Crippen LogP) is 1.56. The summed E-state index contributed by atoms with van der Waals surface area (Å²) in [7, 11) is 0. The summed E-state index contributed by atoms with van der Waals surface area (Å²) in [6.07, 6.45) is 4.20. The smallest absolute Gasteiger partial charge is 0.243 e. The fraction of sp³-hybridized carbons (Fsp3) is 0.571. The first-order chi connectivity index (χ1) is 8.41. The second-order valence-corrected chi connectivity index (χ2v) is 5.55. The van der Waals surface area contributed by atoms with E-state index in [1.807, 2.05) is 27.7 Å². The molecule has 0 saturated carbocycles. The third-order valence-corrected chi connectivity index (χ3v) is 3.95. The van der Waals surface area contributed by atoms with Crippen LogP contribution in [-0.4, -0.2) is 11.8 Å². The van der Waals surface area contributed by atoms with Crippen molar-refractivity contribution in [2.45, 2.75) is 27.7 Å². The summed E-state index contributed by atoms with van der Waals surface area (Å²) < 4.78 is 0. The van der Waals surface area contributed by atoms with E-state index in [0.717, 1.165) is 5.57 Å². The second-order valence-electron chi connectivity index (χ2n) is 5.55. The van der Waals surface area contributed by atoms with Gasteiger partial charge in [0.25, 0.3) is 0 Å². The fourth-order valence-electron chi connectivity index (χ4n) is 2.95. The predicted molar refractivity (Wildman–Crippen MR) is 69.1 cm³/mol. The van der Waals surface area contributed by atoms with Gasteiger partial charge in [0.05, 0.1) is 11.8 Å². The zero-order valence-corrected chi connectivity index (χ0v) is 11.3. The summed E-state index contributed by atoms with van der Waals surface area (Å²) in [5.74, 6) is -0.578. The lowest BCUT2D eigenvalue weighted by Gasteiger charge is -2.41. The van der Waals surface area contributed by atoms with E-state index in [1.165, 1.54) is 5.57 Å². The molecule has 1 saturated heterocycles. The van der Waals surface area contributed by atoms with E-state index < -0.39 is 0 Å². The van der Waals surface area contributed by atoms with Gasteiger partial charge in [-0.2, -0.15) is 0 Å². The number of amides is 2. The summed E-state index contributed by atoms with van der Waals surface area (Å²) in [6.45, 7) is 8.07.